The minimum Gasteiger partial charge on any atom is -1.00 e. The predicted octanol–water partition coefficient (Wildman–Crippen LogP) is 5.10. The molecule has 0 aliphatic heterocycles. The molecule has 0 amide bonds. The third kappa shape index (κ3) is 24.5. The van der Waals surface area contributed by atoms with Crippen LogP contribution in [-0.2, 0) is 9.53 Å². The van der Waals surface area contributed by atoms with E-state index in [1.807, 2.05) is 0 Å². The summed E-state index contributed by atoms with van der Waals surface area (Å²) in [5.74, 6) is -0.0630. The molecule has 0 heterocycles. The zero-order chi connectivity index (χ0) is 18.4. The fraction of sp³-hybridized carbons (Fsp3) is 0.957. The van der Waals surface area contributed by atoms with Crippen LogP contribution < -0.4 is 29.6 Å². The molecule has 152 valence electrons. The van der Waals surface area contributed by atoms with Gasteiger partial charge >= 0.3 is 35.5 Å². The fourth-order valence-corrected chi connectivity index (χ4v) is 3.45. The molecule has 2 nitrogen and oxygen atoms in total. The Balaban J connectivity index is -0.00000288. The number of hydrogen-bond acceptors (Lipinski definition) is 2. The third-order valence-electron chi connectivity index (χ3n) is 5.21. The summed E-state index contributed by atoms with van der Waals surface area (Å²) < 4.78 is 4.65. The molecule has 0 radical (unpaired) electrons. The van der Waals surface area contributed by atoms with Crippen LogP contribution in [0.5, 0.6) is 0 Å². The molecule has 26 heavy (non-hydrogen) atoms. The molecular weight excluding hydrogens is 331 g/mol. The average molecular weight is 379 g/mol. The molecule has 0 aliphatic rings. The van der Waals surface area contributed by atoms with Gasteiger partial charge in [0.15, 0.2) is 0 Å². The number of carbonyl (C=O) groups is 1. The Morgan fingerprint density at radius 2 is 0.846 bits per heavy atom. The molecule has 0 rings (SSSR count). The molecule has 0 N–H and O–H groups in total. The summed E-state index contributed by atoms with van der Waals surface area (Å²) in [5.41, 5.74) is 0. The van der Waals surface area contributed by atoms with Crippen LogP contribution in [0.25, 0.3) is 0 Å². The first-order valence-electron chi connectivity index (χ1n) is 11.4. The van der Waals surface area contributed by atoms with Gasteiger partial charge in [0, 0.05) is 6.42 Å². The predicted molar refractivity (Wildman–Crippen MR) is 111 cm³/mol. The van der Waals surface area contributed by atoms with Crippen LogP contribution in [0, 0.1) is 0 Å². The molecule has 3 heteroatoms. The van der Waals surface area contributed by atoms with E-state index in [0.717, 1.165) is 6.42 Å². The van der Waals surface area contributed by atoms with E-state index in [9.17, 15) is 4.79 Å². The number of ether oxygens (including phenoxy) is 1. The maximum atomic E-state index is 11.0. The third-order valence-corrected chi connectivity index (χ3v) is 5.21. The summed E-state index contributed by atoms with van der Waals surface area (Å²) in [5, 5.41) is 0. The van der Waals surface area contributed by atoms with Crippen molar-refractivity contribution in [2.45, 2.75) is 135 Å². The van der Waals surface area contributed by atoms with Gasteiger partial charge in [-0.25, -0.2) is 0 Å². The summed E-state index contributed by atoms with van der Waals surface area (Å²) >= 11 is 0. The van der Waals surface area contributed by atoms with Crippen molar-refractivity contribution < 1.29 is 40.5 Å². The van der Waals surface area contributed by atoms with Gasteiger partial charge in [-0.2, -0.15) is 0 Å². The second-order valence-electron chi connectivity index (χ2n) is 7.69. The molecule has 0 spiro atoms. The van der Waals surface area contributed by atoms with Crippen LogP contribution in [0.4, 0.5) is 0 Å². The maximum Gasteiger partial charge on any atom is 1.00 e. The van der Waals surface area contributed by atoms with Gasteiger partial charge in [-0.05, 0) is 6.42 Å². The molecule has 0 aromatic heterocycles. The van der Waals surface area contributed by atoms with Crippen molar-refractivity contribution in [2.24, 2.45) is 0 Å². The fourth-order valence-electron chi connectivity index (χ4n) is 3.45. The monoisotopic (exact) mass is 378 g/mol. The Morgan fingerprint density at radius 1 is 0.577 bits per heavy atom. The summed E-state index contributed by atoms with van der Waals surface area (Å²) in [7, 11) is 1.47. The summed E-state index contributed by atoms with van der Waals surface area (Å²) in [4.78, 5) is 11.0. The van der Waals surface area contributed by atoms with Crippen LogP contribution in [0.15, 0.2) is 0 Å². The molecule has 0 aromatic rings. The number of esters is 1. The van der Waals surface area contributed by atoms with E-state index in [1.165, 1.54) is 123 Å². The molecule has 0 aromatic carbocycles. The topological polar surface area (TPSA) is 26.3 Å². The number of methoxy groups -OCH3 is 1. The average Bonchev–Trinajstić information content (AvgIpc) is 2.63. The van der Waals surface area contributed by atoms with E-state index in [-0.39, 0.29) is 37.0 Å². The quantitative estimate of drug-likeness (QED) is 0.167. The normalized spacial score (nSPS) is 10.5. The van der Waals surface area contributed by atoms with Gasteiger partial charge in [-0.3, -0.25) is 4.79 Å². The van der Waals surface area contributed by atoms with Gasteiger partial charge in [-0.15, -0.1) is 0 Å². The largest absolute Gasteiger partial charge is 1.00 e. The minimum atomic E-state index is -0.0630. The summed E-state index contributed by atoms with van der Waals surface area (Å²) in [6, 6.07) is 0. The number of rotatable bonds is 20. The zero-order valence-electron chi connectivity index (χ0n) is 19.5. The van der Waals surface area contributed by atoms with Crippen molar-refractivity contribution in [3.8, 4) is 0 Å². The van der Waals surface area contributed by atoms with E-state index in [1.54, 1.807) is 0 Å². The Morgan fingerprint density at radius 3 is 1.12 bits per heavy atom. The van der Waals surface area contributed by atoms with Crippen LogP contribution in [-0.4, -0.2) is 13.1 Å². The molecule has 0 saturated carbocycles. The Kier molecular flexibility index (Phi) is 28.1. The standard InChI is InChI=1S/C23H46O2.Na.H/c1-3-4-5-6-7-8-9-10-11-12-13-14-15-16-17-18-19-20-21-22-23(24)25-2;;/h3-22H2,1-2H3;;/q;+1;-1. The molecule has 0 aliphatic carbocycles. The number of unbranched alkanes of at least 4 members (excludes halogenated alkanes) is 18. The molecule has 0 saturated heterocycles. The molecule has 0 fully saturated rings. The van der Waals surface area contributed by atoms with Gasteiger partial charge in [0.2, 0.25) is 0 Å². The Bertz CT molecular complexity index is 275. The maximum absolute atomic E-state index is 11.0. The van der Waals surface area contributed by atoms with Crippen molar-refractivity contribution in [1.82, 2.24) is 0 Å². The van der Waals surface area contributed by atoms with Crippen molar-refractivity contribution in [3.05, 3.63) is 0 Å². The van der Waals surface area contributed by atoms with Gasteiger partial charge in [0.05, 0.1) is 7.11 Å². The molecule has 0 unspecified atom stereocenters. The van der Waals surface area contributed by atoms with Crippen molar-refractivity contribution in [1.29, 1.82) is 0 Å². The smallest absolute Gasteiger partial charge is 1.00 e. The van der Waals surface area contributed by atoms with Gasteiger partial charge in [0.25, 0.3) is 0 Å². The Labute approximate surface area is 188 Å². The first-order chi connectivity index (χ1) is 12.3. The first-order valence-corrected chi connectivity index (χ1v) is 11.4. The van der Waals surface area contributed by atoms with E-state index in [2.05, 4.69) is 11.7 Å². The van der Waals surface area contributed by atoms with Crippen LogP contribution in [0.2, 0.25) is 0 Å². The second kappa shape index (κ2) is 25.5. The van der Waals surface area contributed by atoms with Crippen LogP contribution >= 0.6 is 0 Å². The minimum absolute atomic E-state index is 0. The van der Waals surface area contributed by atoms with Crippen molar-refractivity contribution >= 4 is 5.97 Å². The number of hydrogen-bond donors (Lipinski definition) is 0. The SMILES string of the molecule is CCCCCCCCCCCCCCCCCCCCCC(=O)OC.[H-].[Na+]. The van der Waals surface area contributed by atoms with E-state index in [4.69, 9.17) is 0 Å². The first kappa shape index (κ1) is 28.7. The van der Waals surface area contributed by atoms with Crippen LogP contribution in [0.3, 0.4) is 0 Å². The van der Waals surface area contributed by atoms with Crippen molar-refractivity contribution in [3.63, 3.8) is 0 Å². The van der Waals surface area contributed by atoms with Gasteiger partial charge < -0.3 is 6.16 Å². The van der Waals surface area contributed by atoms with Crippen molar-refractivity contribution in [2.75, 3.05) is 7.11 Å². The summed E-state index contributed by atoms with van der Waals surface area (Å²) in [6.07, 6.45) is 26.9. The number of carbonyl (C=O) groups excluding carboxylic acids is 1. The van der Waals surface area contributed by atoms with E-state index >= 15 is 0 Å². The van der Waals surface area contributed by atoms with E-state index < -0.39 is 0 Å². The molecule has 0 atom stereocenters. The molecular formula is C23H47NaO2. The Hall–Kier alpha value is 0.470. The summed E-state index contributed by atoms with van der Waals surface area (Å²) in [6.45, 7) is 2.29. The van der Waals surface area contributed by atoms with E-state index in [0.29, 0.717) is 6.42 Å². The second-order valence-corrected chi connectivity index (χ2v) is 7.69. The molecule has 0 bridgehead atoms. The van der Waals surface area contributed by atoms with Crippen LogP contribution in [0.1, 0.15) is 137 Å². The zero-order valence-corrected chi connectivity index (χ0v) is 20.5. The van der Waals surface area contributed by atoms with Gasteiger partial charge in [0.1, 0.15) is 0 Å². The van der Waals surface area contributed by atoms with Gasteiger partial charge in [-0.1, -0.05) is 122 Å².